The lowest BCUT2D eigenvalue weighted by atomic mass is 9.97. The Kier molecular flexibility index (Phi) is 4.59. The third-order valence-electron chi connectivity index (χ3n) is 4.36. The van der Waals surface area contributed by atoms with E-state index in [1.807, 2.05) is 25.1 Å². The minimum Gasteiger partial charge on any atom is -0.481 e. The van der Waals surface area contributed by atoms with E-state index in [1.165, 1.54) is 0 Å². The van der Waals surface area contributed by atoms with Gasteiger partial charge in [0.25, 0.3) is 5.91 Å². The number of piperidine rings is 1. The quantitative estimate of drug-likeness (QED) is 0.924. The van der Waals surface area contributed by atoms with E-state index in [4.69, 9.17) is 0 Å². The summed E-state index contributed by atoms with van der Waals surface area (Å²) < 4.78 is 1.67. The molecule has 1 aliphatic rings. The van der Waals surface area contributed by atoms with Gasteiger partial charge in [-0.25, -0.2) is 9.67 Å². The number of carboxylic acid groups (broad SMARTS) is 1. The second kappa shape index (κ2) is 6.82. The Morgan fingerprint density at radius 3 is 2.88 bits per heavy atom. The molecule has 1 N–H and O–H groups in total. The molecule has 0 aliphatic carbocycles. The van der Waals surface area contributed by atoms with Crippen LogP contribution in [0.5, 0.6) is 0 Å². The molecule has 0 radical (unpaired) electrons. The van der Waals surface area contributed by atoms with Gasteiger partial charge in [0.05, 0.1) is 23.4 Å². The average molecular weight is 328 g/mol. The lowest BCUT2D eigenvalue weighted by Crippen LogP contribution is -2.42. The Bertz CT molecular complexity index is 742. The Balaban J connectivity index is 1.88. The van der Waals surface area contributed by atoms with Crippen molar-refractivity contribution in [3.8, 4) is 5.82 Å². The lowest BCUT2D eigenvalue weighted by molar-refractivity contribution is -0.143. The molecule has 2 aromatic heterocycles. The van der Waals surface area contributed by atoms with Crippen molar-refractivity contribution >= 4 is 11.9 Å². The van der Waals surface area contributed by atoms with E-state index < -0.39 is 11.9 Å². The fourth-order valence-corrected chi connectivity index (χ4v) is 3.10. The zero-order valence-electron chi connectivity index (χ0n) is 13.6. The molecule has 3 heterocycles. The number of likely N-dealkylation sites (tertiary alicyclic amines) is 1. The van der Waals surface area contributed by atoms with Gasteiger partial charge < -0.3 is 10.0 Å². The van der Waals surface area contributed by atoms with Gasteiger partial charge in [0.2, 0.25) is 0 Å². The van der Waals surface area contributed by atoms with Crippen molar-refractivity contribution in [2.45, 2.75) is 26.2 Å². The summed E-state index contributed by atoms with van der Waals surface area (Å²) in [5.74, 6) is -0.818. The molecule has 0 saturated carbocycles. The van der Waals surface area contributed by atoms with Crippen molar-refractivity contribution in [2.75, 3.05) is 13.1 Å². The van der Waals surface area contributed by atoms with Crippen LogP contribution < -0.4 is 0 Å². The molecule has 1 aliphatic heterocycles. The fraction of sp³-hybridized carbons (Fsp3) is 0.412. The number of rotatable bonds is 4. The molecule has 24 heavy (non-hydrogen) atoms. The van der Waals surface area contributed by atoms with Crippen molar-refractivity contribution in [2.24, 2.45) is 5.92 Å². The second-order valence-corrected chi connectivity index (χ2v) is 5.89. The SMILES string of the molecule is CCc1c(C(=O)N2CCCC(C(=O)O)C2)cnn1-c1ccccn1. The van der Waals surface area contributed by atoms with Gasteiger partial charge in [-0.15, -0.1) is 0 Å². The predicted octanol–water partition coefficient (Wildman–Crippen LogP) is 1.77. The van der Waals surface area contributed by atoms with Crippen LogP contribution >= 0.6 is 0 Å². The molecule has 2 aromatic rings. The van der Waals surface area contributed by atoms with Crippen LogP contribution in [0.15, 0.2) is 30.6 Å². The van der Waals surface area contributed by atoms with Gasteiger partial charge in [0.1, 0.15) is 0 Å². The Labute approximate surface area is 139 Å². The van der Waals surface area contributed by atoms with E-state index >= 15 is 0 Å². The molecule has 1 amide bonds. The van der Waals surface area contributed by atoms with Gasteiger partial charge in [-0.2, -0.15) is 5.10 Å². The largest absolute Gasteiger partial charge is 0.481 e. The maximum absolute atomic E-state index is 12.9. The zero-order valence-corrected chi connectivity index (χ0v) is 13.6. The number of carbonyl (C=O) groups is 2. The summed E-state index contributed by atoms with van der Waals surface area (Å²) in [4.78, 5) is 30.0. The first-order chi connectivity index (χ1) is 11.6. The number of hydrogen-bond donors (Lipinski definition) is 1. The van der Waals surface area contributed by atoms with Gasteiger partial charge in [-0.3, -0.25) is 9.59 Å². The van der Waals surface area contributed by atoms with E-state index in [9.17, 15) is 14.7 Å². The number of aliphatic carboxylic acids is 1. The maximum Gasteiger partial charge on any atom is 0.308 e. The molecular weight excluding hydrogens is 308 g/mol. The average Bonchev–Trinajstić information content (AvgIpc) is 3.05. The first kappa shape index (κ1) is 16.2. The molecular formula is C17H20N4O3. The number of amides is 1. The standard InChI is InChI=1S/C17H20N4O3/c1-2-14-13(10-19-21(14)15-7-3-4-8-18-15)16(22)20-9-5-6-12(11-20)17(23)24/h3-4,7-8,10,12H,2,5-6,9,11H2,1H3,(H,23,24). The molecule has 126 valence electrons. The van der Waals surface area contributed by atoms with Crippen LogP contribution in [0, 0.1) is 5.92 Å². The van der Waals surface area contributed by atoms with Gasteiger partial charge in [0, 0.05) is 19.3 Å². The number of carbonyl (C=O) groups excluding carboxylic acids is 1. The van der Waals surface area contributed by atoms with Crippen LogP contribution in [0.3, 0.4) is 0 Å². The number of carboxylic acids is 1. The van der Waals surface area contributed by atoms with Crippen LogP contribution in [0.25, 0.3) is 5.82 Å². The van der Waals surface area contributed by atoms with Gasteiger partial charge >= 0.3 is 5.97 Å². The Morgan fingerprint density at radius 2 is 2.21 bits per heavy atom. The van der Waals surface area contributed by atoms with E-state index in [0.29, 0.717) is 37.2 Å². The van der Waals surface area contributed by atoms with Crippen molar-refractivity contribution in [1.82, 2.24) is 19.7 Å². The molecule has 7 heteroatoms. The smallest absolute Gasteiger partial charge is 0.308 e. The minimum atomic E-state index is -0.840. The summed E-state index contributed by atoms with van der Waals surface area (Å²) in [6.45, 7) is 2.80. The third-order valence-corrected chi connectivity index (χ3v) is 4.36. The third kappa shape index (κ3) is 3.02. The van der Waals surface area contributed by atoms with Gasteiger partial charge in [-0.1, -0.05) is 13.0 Å². The molecule has 1 saturated heterocycles. The fourth-order valence-electron chi connectivity index (χ4n) is 3.10. The summed E-state index contributed by atoms with van der Waals surface area (Å²) in [5.41, 5.74) is 1.31. The summed E-state index contributed by atoms with van der Waals surface area (Å²) in [7, 11) is 0. The number of pyridine rings is 1. The maximum atomic E-state index is 12.9. The van der Waals surface area contributed by atoms with Crippen molar-refractivity contribution in [3.63, 3.8) is 0 Å². The second-order valence-electron chi connectivity index (χ2n) is 5.89. The first-order valence-corrected chi connectivity index (χ1v) is 8.12. The highest BCUT2D eigenvalue weighted by Gasteiger charge is 2.30. The van der Waals surface area contributed by atoms with Crippen molar-refractivity contribution in [3.05, 3.63) is 41.9 Å². The minimum absolute atomic E-state index is 0.153. The molecule has 0 bridgehead atoms. The van der Waals surface area contributed by atoms with Crippen molar-refractivity contribution in [1.29, 1.82) is 0 Å². The van der Waals surface area contributed by atoms with Crippen molar-refractivity contribution < 1.29 is 14.7 Å². The van der Waals surface area contributed by atoms with Gasteiger partial charge in [0.15, 0.2) is 5.82 Å². The summed E-state index contributed by atoms with van der Waals surface area (Å²) in [6, 6.07) is 5.53. The molecule has 0 aromatic carbocycles. The van der Waals surface area contributed by atoms with Crippen LogP contribution in [0.4, 0.5) is 0 Å². The van der Waals surface area contributed by atoms with Crippen LogP contribution in [-0.4, -0.2) is 49.7 Å². The van der Waals surface area contributed by atoms with Crippen LogP contribution in [0.2, 0.25) is 0 Å². The van der Waals surface area contributed by atoms with E-state index in [1.54, 1.807) is 22.0 Å². The van der Waals surface area contributed by atoms with Crippen LogP contribution in [0.1, 0.15) is 35.8 Å². The topological polar surface area (TPSA) is 88.3 Å². The first-order valence-electron chi connectivity index (χ1n) is 8.12. The summed E-state index contributed by atoms with van der Waals surface area (Å²) in [5, 5.41) is 13.5. The molecule has 1 fully saturated rings. The lowest BCUT2D eigenvalue weighted by Gasteiger charge is -2.30. The number of hydrogen-bond acceptors (Lipinski definition) is 4. The zero-order chi connectivity index (χ0) is 17.1. The molecule has 3 rings (SSSR count). The highest BCUT2D eigenvalue weighted by molar-refractivity contribution is 5.95. The van der Waals surface area contributed by atoms with E-state index in [2.05, 4.69) is 10.1 Å². The van der Waals surface area contributed by atoms with Crippen LogP contribution in [-0.2, 0) is 11.2 Å². The van der Waals surface area contributed by atoms with E-state index in [0.717, 1.165) is 5.69 Å². The molecule has 0 spiro atoms. The molecule has 7 nitrogen and oxygen atoms in total. The highest BCUT2D eigenvalue weighted by Crippen LogP contribution is 2.21. The Morgan fingerprint density at radius 1 is 1.38 bits per heavy atom. The predicted molar refractivity (Wildman–Crippen MR) is 87.0 cm³/mol. The monoisotopic (exact) mass is 328 g/mol. The summed E-state index contributed by atoms with van der Waals surface area (Å²) in [6.07, 6.45) is 5.19. The highest BCUT2D eigenvalue weighted by atomic mass is 16.4. The van der Waals surface area contributed by atoms with E-state index in [-0.39, 0.29) is 12.5 Å². The number of aromatic nitrogens is 3. The molecule has 1 atom stereocenters. The number of nitrogens with zero attached hydrogens (tertiary/aromatic N) is 4. The summed E-state index contributed by atoms with van der Waals surface area (Å²) >= 11 is 0. The van der Waals surface area contributed by atoms with Gasteiger partial charge in [-0.05, 0) is 31.4 Å². The normalized spacial score (nSPS) is 17.7. The Hall–Kier alpha value is -2.70. The molecule has 1 unspecified atom stereocenters.